The van der Waals surface area contributed by atoms with Crippen molar-refractivity contribution in [1.29, 1.82) is 0 Å². The van der Waals surface area contributed by atoms with Gasteiger partial charge in [0.1, 0.15) is 0 Å². The highest BCUT2D eigenvalue weighted by Crippen LogP contribution is 2.24. The van der Waals surface area contributed by atoms with E-state index in [4.69, 9.17) is 11.6 Å². The molecule has 6 heteroatoms. The fourth-order valence-electron chi connectivity index (χ4n) is 1.72. The van der Waals surface area contributed by atoms with E-state index >= 15 is 0 Å². The number of nitrogens with zero attached hydrogens (tertiary/aromatic N) is 2. The van der Waals surface area contributed by atoms with E-state index in [1.807, 2.05) is 26.3 Å². The monoisotopic (exact) mass is 295 g/mol. The summed E-state index contributed by atoms with van der Waals surface area (Å²) in [5.74, 6) is -0.225. The molecule has 0 unspecified atom stereocenters. The second-order valence-electron chi connectivity index (χ2n) is 4.10. The van der Waals surface area contributed by atoms with Gasteiger partial charge in [0.15, 0.2) is 0 Å². The second-order valence-corrected chi connectivity index (χ2v) is 5.39. The summed E-state index contributed by atoms with van der Waals surface area (Å²) >= 11 is 7.64. The molecule has 0 saturated carbocycles. The average molecular weight is 296 g/mol. The number of hydrogen-bond acceptors (Lipinski definition) is 3. The third-order valence-electron chi connectivity index (χ3n) is 2.68. The maximum atomic E-state index is 12.2. The Kier molecular flexibility index (Phi) is 4.17. The van der Waals surface area contributed by atoms with Gasteiger partial charge >= 0.3 is 0 Å². The quantitative estimate of drug-likeness (QED) is 0.883. The van der Waals surface area contributed by atoms with E-state index in [1.54, 1.807) is 34.8 Å². The number of amides is 1. The minimum atomic E-state index is -0.225. The van der Waals surface area contributed by atoms with Crippen molar-refractivity contribution in [2.24, 2.45) is 7.05 Å². The lowest BCUT2D eigenvalue weighted by Crippen LogP contribution is -2.12. The van der Waals surface area contributed by atoms with Crippen molar-refractivity contribution < 1.29 is 4.79 Å². The Hall–Kier alpha value is -1.46. The SMILES string of the molecule is CSc1ccc(Cl)c(C(=O)Nc2cn(C)nc2C)c1. The number of carbonyl (C=O) groups is 1. The lowest BCUT2D eigenvalue weighted by Gasteiger charge is -2.07. The van der Waals surface area contributed by atoms with Crippen LogP contribution in [0.15, 0.2) is 29.3 Å². The third-order valence-corrected chi connectivity index (χ3v) is 3.73. The molecule has 0 radical (unpaired) electrons. The first kappa shape index (κ1) is 14.0. The number of aromatic nitrogens is 2. The fraction of sp³-hybridized carbons (Fsp3) is 0.231. The number of anilines is 1. The molecular formula is C13H14ClN3OS. The highest BCUT2D eigenvalue weighted by Gasteiger charge is 2.13. The van der Waals surface area contributed by atoms with Gasteiger partial charge in [0, 0.05) is 18.1 Å². The van der Waals surface area contributed by atoms with Gasteiger partial charge in [-0.1, -0.05) is 11.6 Å². The Morgan fingerprint density at radius 3 is 2.79 bits per heavy atom. The maximum absolute atomic E-state index is 12.2. The number of halogens is 1. The molecule has 1 aromatic heterocycles. The van der Waals surface area contributed by atoms with Crippen molar-refractivity contribution in [3.8, 4) is 0 Å². The lowest BCUT2D eigenvalue weighted by atomic mass is 10.2. The van der Waals surface area contributed by atoms with Crippen LogP contribution < -0.4 is 5.32 Å². The van der Waals surface area contributed by atoms with Crippen molar-refractivity contribution in [3.05, 3.63) is 40.7 Å². The van der Waals surface area contributed by atoms with Gasteiger partial charge in [-0.25, -0.2) is 0 Å². The molecule has 2 rings (SSSR count). The van der Waals surface area contributed by atoms with E-state index in [-0.39, 0.29) is 5.91 Å². The average Bonchev–Trinajstić information content (AvgIpc) is 2.68. The van der Waals surface area contributed by atoms with Crippen LogP contribution in [-0.2, 0) is 7.05 Å². The van der Waals surface area contributed by atoms with Crippen LogP contribution in [0.2, 0.25) is 5.02 Å². The van der Waals surface area contributed by atoms with Gasteiger partial charge in [0.05, 0.1) is 22.0 Å². The summed E-state index contributed by atoms with van der Waals surface area (Å²) < 4.78 is 1.66. The molecule has 0 aliphatic heterocycles. The molecular weight excluding hydrogens is 282 g/mol. The van der Waals surface area contributed by atoms with Gasteiger partial charge in [-0.2, -0.15) is 5.10 Å². The molecule has 0 aliphatic carbocycles. The Morgan fingerprint density at radius 1 is 1.47 bits per heavy atom. The number of aryl methyl sites for hydroxylation is 2. The number of rotatable bonds is 3. The van der Waals surface area contributed by atoms with Crippen molar-refractivity contribution in [2.45, 2.75) is 11.8 Å². The van der Waals surface area contributed by atoms with Crippen molar-refractivity contribution in [2.75, 3.05) is 11.6 Å². The molecule has 1 N–H and O–H groups in total. The summed E-state index contributed by atoms with van der Waals surface area (Å²) in [6.07, 6.45) is 3.72. The van der Waals surface area contributed by atoms with Crippen molar-refractivity contribution >= 4 is 35.0 Å². The molecule has 0 atom stereocenters. The van der Waals surface area contributed by atoms with E-state index in [2.05, 4.69) is 10.4 Å². The van der Waals surface area contributed by atoms with Crippen LogP contribution in [0.1, 0.15) is 16.1 Å². The van der Waals surface area contributed by atoms with Crippen molar-refractivity contribution in [1.82, 2.24) is 9.78 Å². The van der Waals surface area contributed by atoms with E-state index in [1.165, 1.54) is 0 Å². The van der Waals surface area contributed by atoms with Gasteiger partial charge in [-0.3, -0.25) is 9.48 Å². The summed E-state index contributed by atoms with van der Waals surface area (Å²) in [6, 6.07) is 5.41. The Morgan fingerprint density at radius 2 is 2.21 bits per heavy atom. The lowest BCUT2D eigenvalue weighted by molar-refractivity contribution is 0.102. The molecule has 4 nitrogen and oxygen atoms in total. The molecule has 0 spiro atoms. The van der Waals surface area contributed by atoms with Crippen LogP contribution >= 0.6 is 23.4 Å². The first-order valence-electron chi connectivity index (χ1n) is 5.66. The smallest absolute Gasteiger partial charge is 0.257 e. The predicted molar refractivity (Wildman–Crippen MR) is 79.1 cm³/mol. The third kappa shape index (κ3) is 3.11. The molecule has 100 valence electrons. The summed E-state index contributed by atoms with van der Waals surface area (Å²) in [7, 11) is 1.81. The normalized spacial score (nSPS) is 10.5. The van der Waals surface area contributed by atoms with E-state index in [0.29, 0.717) is 16.3 Å². The maximum Gasteiger partial charge on any atom is 0.257 e. The highest BCUT2D eigenvalue weighted by molar-refractivity contribution is 7.98. The van der Waals surface area contributed by atoms with Crippen LogP contribution in [0.5, 0.6) is 0 Å². The standard InChI is InChI=1S/C13H14ClN3OS/c1-8-12(7-17(2)16-8)15-13(18)10-6-9(19-3)4-5-11(10)14/h4-7H,1-3H3,(H,15,18). The number of hydrogen-bond donors (Lipinski definition) is 1. The van der Waals surface area contributed by atoms with E-state index < -0.39 is 0 Å². The van der Waals surface area contributed by atoms with E-state index in [0.717, 1.165) is 10.6 Å². The largest absolute Gasteiger partial charge is 0.319 e. The first-order valence-corrected chi connectivity index (χ1v) is 7.26. The molecule has 0 aliphatic rings. The Labute approximate surface area is 121 Å². The van der Waals surface area contributed by atoms with Gasteiger partial charge in [-0.15, -0.1) is 11.8 Å². The summed E-state index contributed by atoms with van der Waals surface area (Å²) in [5.41, 5.74) is 1.93. The molecule has 1 aromatic carbocycles. The topological polar surface area (TPSA) is 46.9 Å². The highest BCUT2D eigenvalue weighted by atomic mass is 35.5. The number of thioether (sulfide) groups is 1. The second kappa shape index (κ2) is 5.67. The fourth-order valence-corrected chi connectivity index (χ4v) is 2.36. The van der Waals surface area contributed by atoms with Crippen LogP contribution in [0.3, 0.4) is 0 Å². The number of nitrogens with one attached hydrogen (secondary N) is 1. The minimum absolute atomic E-state index is 0.225. The van der Waals surface area contributed by atoms with Crippen LogP contribution in [0.25, 0.3) is 0 Å². The Balaban J connectivity index is 2.27. The molecule has 2 aromatic rings. The van der Waals surface area contributed by atoms with Crippen LogP contribution in [0, 0.1) is 6.92 Å². The van der Waals surface area contributed by atoms with Crippen LogP contribution in [0.4, 0.5) is 5.69 Å². The van der Waals surface area contributed by atoms with Crippen molar-refractivity contribution in [3.63, 3.8) is 0 Å². The van der Waals surface area contributed by atoms with Crippen LogP contribution in [-0.4, -0.2) is 21.9 Å². The zero-order valence-electron chi connectivity index (χ0n) is 10.9. The zero-order chi connectivity index (χ0) is 14.0. The summed E-state index contributed by atoms with van der Waals surface area (Å²) in [5, 5.41) is 7.44. The molecule has 0 fully saturated rings. The molecule has 0 bridgehead atoms. The van der Waals surface area contributed by atoms with Gasteiger partial charge in [-0.05, 0) is 31.4 Å². The zero-order valence-corrected chi connectivity index (χ0v) is 12.5. The summed E-state index contributed by atoms with van der Waals surface area (Å²) in [4.78, 5) is 13.2. The number of carbonyl (C=O) groups excluding carboxylic acids is 1. The minimum Gasteiger partial charge on any atom is -0.319 e. The molecule has 0 saturated heterocycles. The summed E-state index contributed by atoms with van der Waals surface area (Å²) in [6.45, 7) is 1.84. The molecule has 19 heavy (non-hydrogen) atoms. The first-order chi connectivity index (χ1) is 9.01. The van der Waals surface area contributed by atoms with E-state index in [9.17, 15) is 4.79 Å². The molecule has 1 amide bonds. The molecule has 1 heterocycles. The Bertz CT molecular complexity index is 624. The number of benzene rings is 1. The van der Waals surface area contributed by atoms with Gasteiger partial charge < -0.3 is 5.32 Å². The van der Waals surface area contributed by atoms with Gasteiger partial charge in [0.25, 0.3) is 5.91 Å². The van der Waals surface area contributed by atoms with Gasteiger partial charge in [0.2, 0.25) is 0 Å². The predicted octanol–water partition coefficient (Wildman–Crippen LogP) is 3.36.